The average molecular weight is 276 g/mol. The van der Waals surface area contributed by atoms with Gasteiger partial charge in [0.1, 0.15) is 11.4 Å². The molecule has 1 aromatic carbocycles. The first-order valence-corrected chi connectivity index (χ1v) is 6.12. The lowest BCUT2D eigenvalue weighted by atomic mass is 10.1. The molecule has 0 saturated heterocycles. The van der Waals surface area contributed by atoms with Crippen LogP contribution < -0.4 is 5.32 Å². The van der Waals surface area contributed by atoms with E-state index in [0.29, 0.717) is 5.69 Å². The van der Waals surface area contributed by atoms with Crippen LogP contribution >= 0.6 is 0 Å². The summed E-state index contributed by atoms with van der Waals surface area (Å²) in [5.74, 6) is -0.132. The van der Waals surface area contributed by atoms with Crippen molar-refractivity contribution in [3.05, 3.63) is 45.8 Å². The van der Waals surface area contributed by atoms with E-state index >= 15 is 0 Å². The Labute approximate surface area is 116 Å². The summed E-state index contributed by atoms with van der Waals surface area (Å²) in [6.07, 6.45) is 1.87. The van der Waals surface area contributed by atoms with Crippen LogP contribution in [-0.4, -0.2) is 19.8 Å². The largest absolute Gasteiger partial charge is 0.508 e. The molecule has 7 nitrogen and oxygen atoms in total. The second-order valence-electron chi connectivity index (χ2n) is 4.67. The molecule has 0 fully saturated rings. The maximum atomic E-state index is 11.0. The van der Waals surface area contributed by atoms with E-state index in [0.717, 1.165) is 17.3 Å². The molecule has 0 saturated carbocycles. The Balaban J connectivity index is 2.30. The van der Waals surface area contributed by atoms with Gasteiger partial charge in [0.2, 0.25) is 0 Å². The maximum Gasteiger partial charge on any atom is 0.296 e. The Bertz CT molecular complexity index is 651. The van der Waals surface area contributed by atoms with E-state index in [4.69, 9.17) is 0 Å². The molecular weight excluding hydrogens is 260 g/mol. The fourth-order valence-electron chi connectivity index (χ4n) is 2.15. The van der Waals surface area contributed by atoms with Gasteiger partial charge in [0.05, 0.1) is 22.7 Å². The zero-order valence-electron chi connectivity index (χ0n) is 11.5. The van der Waals surface area contributed by atoms with E-state index in [-0.39, 0.29) is 17.5 Å². The number of nitro groups is 1. The van der Waals surface area contributed by atoms with Crippen LogP contribution in [0.4, 0.5) is 11.4 Å². The third kappa shape index (κ3) is 2.71. The van der Waals surface area contributed by atoms with Crippen molar-refractivity contribution in [2.45, 2.75) is 19.9 Å². The number of hydrogen-bond donors (Lipinski definition) is 2. The number of aromatic nitrogens is 2. The number of aromatic hydroxyl groups is 1. The SMILES string of the molecule is Cc1nn(C)cc1C(C)Nc1ccc(O)cc1[N+](=O)[O-]. The lowest BCUT2D eigenvalue weighted by molar-refractivity contribution is -0.384. The zero-order valence-corrected chi connectivity index (χ0v) is 11.5. The van der Waals surface area contributed by atoms with Gasteiger partial charge >= 0.3 is 0 Å². The van der Waals surface area contributed by atoms with Crippen molar-refractivity contribution >= 4 is 11.4 Å². The van der Waals surface area contributed by atoms with Crippen molar-refractivity contribution in [2.24, 2.45) is 7.05 Å². The van der Waals surface area contributed by atoms with Gasteiger partial charge in [0.15, 0.2) is 0 Å². The molecule has 0 spiro atoms. The highest BCUT2D eigenvalue weighted by Gasteiger charge is 2.18. The highest BCUT2D eigenvalue weighted by atomic mass is 16.6. The predicted octanol–water partition coefficient (Wildman–Crippen LogP) is 2.52. The molecule has 0 amide bonds. The molecule has 1 unspecified atom stereocenters. The number of rotatable bonds is 4. The molecule has 2 aromatic rings. The van der Waals surface area contributed by atoms with Crippen LogP contribution in [0.1, 0.15) is 24.2 Å². The summed E-state index contributed by atoms with van der Waals surface area (Å²) in [6, 6.07) is 3.91. The molecule has 0 aliphatic rings. The summed E-state index contributed by atoms with van der Waals surface area (Å²) in [7, 11) is 1.83. The molecule has 0 aliphatic carbocycles. The Morgan fingerprint density at radius 2 is 2.20 bits per heavy atom. The highest BCUT2D eigenvalue weighted by Crippen LogP contribution is 2.31. The Morgan fingerprint density at radius 3 is 2.75 bits per heavy atom. The van der Waals surface area contributed by atoms with Gasteiger partial charge in [0.25, 0.3) is 5.69 Å². The first-order valence-electron chi connectivity index (χ1n) is 6.12. The summed E-state index contributed by atoms with van der Waals surface area (Å²) in [5.41, 5.74) is 2.05. The van der Waals surface area contributed by atoms with Gasteiger partial charge < -0.3 is 10.4 Å². The predicted molar refractivity (Wildman–Crippen MR) is 74.7 cm³/mol. The molecule has 106 valence electrons. The van der Waals surface area contributed by atoms with Gasteiger partial charge in [-0.15, -0.1) is 0 Å². The first-order chi connectivity index (χ1) is 9.38. The average Bonchev–Trinajstić information content (AvgIpc) is 2.70. The summed E-state index contributed by atoms with van der Waals surface area (Å²) in [4.78, 5) is 10.5. The van der Waals surface area contributed by atoms with Crippen molar-refractivity contribution < 1.29 is 10.0 Å². The van der Waals surface area contributed by atoms with Gasteiger partial charge in [-0.2, -0.15) is 5.10 Å². The van der Waals surface area contributed by atoms with Gasteiger partial charge in [-0.05, 0) is 26.0 Å². The molecule has 0 aliphatic heterocycles. The number of nitrogens with one attached hydrogen (secondary N) is 1. The maximum absolute atomic E-state index is 11.0. The van der Waals surface area contributed by atoms with Crippen molar-refractivity contribution in [2.75, 3.05) is 5.32 Å². The van der Waals surface area contributed by atoms with Crippen molar-refractivity contribution in [1.82, 2.24) is 9.78 Å². The van der Waals surface area contributed by atoms with Crippen LogP contribution in [0.5, 0.6) is 5.75 Å². The quantitative estimate of drug-likeness (QED) is 0.508. The van der Waals surface area contributed by atoms with Gasteiger partial charge in [-0.1, -0.05) is 0 Å². The number of benzene rings is 1. The first kappa shape index (κ1) is 13.9. The highest BCUT2D eigenvalue weighted by molar-refractivity contribution is 5.64. The number of anilines is 1. The fourth-order valence-corrected chi connectivity index (χ4v) is 2.15. The Kier molecular flexibility index (Phi) is 3.60. The lowest BCUT2D eigenvalue weighted by Crippen LogP contribution is -2.08. The van der Waals surface area contributed by atoms with Crippen LogP contribution in [0.15, 0.2) is 24.4 Å². The van der Waals surface area contributed by atoms with E-state index in [1.165, 1.54) is 12.1 Å². The topological polar surface area (TPSA) is 93.2 Å². The second-order valence-corrected chi connectivity index (χ2v) is 4.67. The molecule has 0 bridgehead atoms. The number of phenols is 1. The van der Waals surface area contributed by atoms with Gasteiger partial charge in [-0.25, -0.2) is 0 Å². The van der Waals surface area contributed by atoms with E-state index in [1.807, 2.05) is 27.1 Å². The van der Waals surface area contributed by atoms with Gasteiger partial charge in [0, 0.05) is 18.8 Å². The summed E-state index contributed by atoms with van der Waals surface area (Å²) in [6.45, 7) is 3.79. The van der Waals surface area contributed by atoms with Gasteiger partial charge in [-0.3, -0.25) is 14.8 Å². The minimum absolute atomic E-state index is 0.132. The van der Waals surface area contributed by atoms with Crippen LogP contribution in [0.3, 0.4) is 0 Å². The smallest absolute Gasteiger partial charge is 0.296 e. The summed E-state index contributed by atoms with van der Waals surface area (Å²) < 4.78 is 1.70. The van der Waals surface area contributed by atoms with Crippen LogP contribution in [-0.2, 0) is 7.05 Å². The van der Waals surface area contributed by atoms with E-state index in [9.17, 15) is 15.2 Å². The molecule has 1 aromatic heterocycles. The molecule has 1 heterocycles. The molecular formula is C13H16N4O3. The van der Waals surface area contributed by atoms with Crippen molar-refractivity contribution in [3.63, 3.8) is 0 Å². The zero-order chi connectivity index (χ0) is 14.9. The van der Waals surface area contributed by atoms with Crippen LogP contribution in [0.25, 0.3) is 0 Å². The number of phenolic OH excluding ortho intramolecular Hbond substituents is 1. The number of aryl methyl sites for hydroxylation is 2. The van der Waals surface area contributed by atoms with Crippen LogP contribution in [0.2, 0.25) is 0 Å². The van der Waals surface area contributed by atoms with E-state index in [2.05, 4.69) is 10.4 Å². The second kappa shape index (κ2) is 5.20. The minimum Gasteiger partial charge on any atom is -0.508 e. The Hall–Kier alpha value is -2.57. The monoisotopic (exact) mass is 276 g/mol. The van der Waals surface area contributed by atoms with Crippen LogP contribution in [0, 0.1) is 17.0 Å². The molecule has 7 heteroatoms. The normalized spacial score (nSPS) is 12.2. The third-order valence-electron chi connectivity index (χ3n) is 3.07. The Morgan fingerprint density at radius 1 is 1.50 bits per heavy atom. The van der Waals surface area contributed by atoms with E-state index in [1.54, 1.807) is 4.68 Å². The molecule has 2 rings (SSSR count). The fraction of sp³-hybridized carbons (Fsp3) is 0.308. The lowest BCUT2D eigenvalue weighted by Gasteiger charge is -2.14. The van der Waals surface area contributed by atoms with E-state index < -0.39 is 4.92 Å². The standard InChI is InChI=1S/C13H16N4O3/c1-8(11-7-16(3)15-9(11)2)14-12-5-4-10(18)6-13(12)17(19)20/h4-8,14,18H,1-3H3. The number of nitro benzene ring substituents is 1. The number of hydrogen-bond acceptors (Lipinski definition) is 5. The number of nitrogens with zero attached hydrogens (tertiary/aromatic N) is 3. The summed E-state index contributed by atoms with van der Waals surface area (Å²) >= 11 is 0. The third-order valence-corrected chi connectivity index (χ3v) is 3.07. The molecule has 0 radical (unpaired) electrons. The molecule has 1 atom stereocenters. The van der Waals surface area contributed by atoms with Crippen molar-refractivity contribution in [3.8, 4) is 5.75 Å². The summed E-state index contributed by atoms with van der Waals surface area (Å²) in [5, 5.41) is 27.7. The van der Waals surface area contributed by atoms with Crippen molar-refractivity contribution in [1.29, 1.82) is 0 Å². The molecule has 20 heavy (non-hydrogen) atoms. The molecule has 2 N–H and O–H groups in total. The minimum atomic E-state index is -0.523.